The van der Waals surface area contributed by atoms with Crippen LogP contribution in [0, 0.1) is 0 Å². The van der Waals surface area contributed by atoms with Crippen LogP contribution < -0.4 is 0 Å². The number of allylic oxidation sites excluding steroid dienone is 1. The van der Waals surface area contributed by atoms with Gasteiger partial charge in [0.2, 0.25) is 0 Å². The maximum absolute atomic E-state index is 11.1. The second kappa shape index (κ2) is 5.52. The molecule has 0 saturated heterocycles. The van der Waals surface area contributed by atoms with E-state index in [0.29, 0.717) is 0 Å². The lowest BCUT2D eigenvalue weighted by Gasteiger charge is -2.07. The molecule has 1 heterocycles. The van der Waals surface area contributed by atoms with E-state index in [4.69, 9.17) is 0 Å². The van der Waals surface area contributed by atoms with Crippen molar-refractivity contribution in [2.45, 2.75) is 27.2 Å². The minimum Gasteiger partial charge on any atom is -0.268 e. The van der Waals surface area contributed by atoms with Crippen LogP contribution in [0.2, 0.25) is 0 Å². The molecule has 1 amide bonds. The molecular weight excluding hydrogens is 152 g/mol. The van der Waals surface area contributed by atoms with Gasteiger partial charge in [0.05, 0.1) is 0 Å². The van der Waals surface area contributed by atoms with E-state index in [2.05, 4.69) is 5.10 Å². The van der Waals surface area contributed by atoms with Crippen molar-refractivity contribution in [2.24, 2.45) is 5.10 Å². The largest absolute Gasteiger partial charge is 0.269 e. The normalized spacial score (nSPS) is 16.2. The van der Waals surface area contributed by atoms with Crippen LogP contribution >= 0.6 is 0 Å². The number of rotatable bonds is 0. The zero-order valence-electron chi connectivity index (χ0n) is 8.16. The molecule has 0 atom stereocenters. The molecule has 0 N–H and O–H groups in total. The second-order valence-corrected chi connectivity index (χ2v) is 2.25. The predicted molar refractivity (Wildman–Crippen MR) is 51.0 cm³/mol. The van der Waals surface area contributed by atoms with Crippen LogP contribution in [-0.2, 0) is 4.79 Å². The summed E-state index contributed by atoms with van der Waals surface area (Å²) in [6, 6.07) is 0. The van der Waals surface area contributed by atoms with Crippen LogP contribution in [0.1, 0.15) is 27.2 Å². The smallest absolute Gasteiger partial charge is 0.268 e. The van der Waals surface area contributed by atoms with Crippen LogP contribution in [-0.4, -0.2) is 24.2 Å². The maximum atomic E-state index is 11.1. The third-order valence-electron chi connectivity index (χ3n) is 1.42. The number of carbonyl (C=O) groups is 1. The molecule has 0 bridgehead atoms. The fourth-order valence-electron chi connectivity index (χ4n) is 0.794. The molecule has 0 aromatic heterocycles. The molecule has 12 heavy (non-hydrogen) atoms. The van der Waals surface area contributed by atoms with Crippen LogP contribution in [0.3, 0.4) is 0 Å². The lowest BCUT2D eigenvalue weighted by molar-refractivity contribution is -0.125. The quantitative estimate of drug-likeness (QED) is 0.543. The first-order chi connectivity index (χ1) is 5.72. The third-order valence-corrected chi connectivity index (χ3v) is 1.42. The number of likely N-dealkylation sites (N-methyl/N-ethyl adjacent to an activating group) is 1. The first-order valence-electron chi connectivity index (χ1n) is 4.19. The van der Waals surface area contributed by atoms with Crippen molar-refractivity contribution in [2.75, 3.05) is 7.05 Å². The van der Waals surface area contributed by atoms with Gasteiger partial charge in [-0.25, -0.2) is 5.01 Å². The molecule has 1 aliphatic rings. The Labute approximate surface area is 73.8 Å². The van der Waals surface area contributed by atoms with E-state index in [-0.39, 0.29) is 5.91 Å². The highest BCUT2D eigenvalue weighted by molar-refractivity contribution is 5.94. The zero-order chi connectivity index (χ0) is 9.56. The SMILES string of the molecule is CC.CC1=CCC=NN(C)C1=O. The van der Waals surface area contributed by atoms with Crippen molar-refractivity contribution in [3.05, 3.63) is 11.6 Å². The van der Waals surface area contributed by atoms with E-state index in [9.17, 15) is 4.79 Å². The fourth-order valence-corrected chi connectivity index (χ4v) is 0.794. The van der Waals surface area contributed by atoms with E-state index in [1.807, 2.05) is 19.9 Å². The van der Waals surface area contributed by atoms with Gasteiger partial charge < -0.3 is 0 Å². The highest BCUT2D eigenvalue weighted by atomic mass is 16.2. The van der Waals surface area contributed by atoms with Gasteiger partial charge >= 0.3 is 0 Å². The minimum absolute atomic E-state index is 0.0197. The third kappa shape index (κ3) is 2.86. The summed E-state index contributed by atoms with van der Waals surface area (Å²) in [6.07, 6.45) is 4.34. The first-order valence-corrected chi connectivity index (χ1v) is 4.19. The van der Waals surface area contributed by atoms with E-state index in [1.54, 1.807) is 20.2 Å². The van der Waals surface area contributed by atoms with E-state index >= 15 is 0 Å². The molecule has 0 aromatic rings. The Balaban J connectivity index is 0.000000561. The molecule has 0 spiro atoms. The predicted octanol–water partition coefficient (Wildman–Crippen LogP) is 1.81. The highest BCUT2D eigenvalue weighted by Gasteiger charge is 2.09. The highest BCUT2D eigenvalue weighted by Crippen LogP contribution is 2.03. The standard InChI is InChI=1S/C7H10N2O.C2H6/c1-6-4-3-5-8-9(2)7(6)10;1-2/h4-5H,3H2,1-2H3;1-2H3. The summed E-state index contributed by atoms with van der Waals surface area (Å²) in [5, 5.41) is 5.21. The van der Waals surface area contributed by atoms with E-state index in [0.717, 1.165) is 12.0 Å². The molecule has 0 radical (unpaired) electrons. The molecule has 1 rings (SSSR count). The maximum Gasteiger partial charge on any atom is 0.269 e. The van der Waals surface area contributed by atoms with Crippen molar-refractivity contribution in [3.63, 3.8) is 0 Å². The van der Waals surface area contributed by atoms with Crippen molar-refractivity contribution in [3.8, 4) is 0 Å². The number of carbonyl (C=O) groups excluding carboxylic acids is 1. The molecule has 3 heteroatoms. The van der Waals surface area contributed by atoms with Gasteiger partial charge in [0.1, 0.15) is 0 Å². The number of hydrogen-bond donors (Lipinski definition) is 0. The Kier molecular flexibility index (Phi) is 5.00. The van der Waals surface area contributed by atoms with Gasteiger partial charge in [-0.1, -0.05) is 19.9 Å². The van der Waals surface area contributed by atoms with Crippen LogP contribution in [0.4, 0.5) is 0 Å². The summed E-state index contributed by atoms with van der Waals surface area (Å²) in [7, 11) is 1.65. The Hall–Kier alpha value is -1.12. The summed E-state index contributed by atoms with van der Waals surface area (Å²) in [6.45, 7) is 5.80. The minimum atomic E-state index is -0.0197. The average Bonchev–Trinajstić information content (AvgIpc) is 2.24. The number of amides is 1. The topological polar surface area (TPSA) is 32.7 Å². The van der Waals surface area contributed by atoms with Crippen LogP contribution in [0.25, 0.3) is 0 Å². The molecule has 0 fully saturated rings. The monoisotopic (exact) mass is 168 g/mol. The fraction of sp³-hybridized carbons (Fsp3) is 0.556. The zero-order valence-corrected chi connectivity index (χ0v) is 8.16. The van der Waals surface area contributed by atoms with Gasteiger partial charge in [0.15, 0.2) is 0 Å². The van der Waals surface area contributed by atoms with Crippen molar-refractivity contribution >= 4 is 12.1 Å². The second-order valence-electron chi connectivity index (χ2n) is 2.25. The Morgan fingerprint density at radius 2 is 2.08 bits per heavy atom. The first kappa shape index (κ1) is 10.9. The van der Waals surface area contributed by atoms with Gasteiger partial charge in [-0.05, 0) is 6.92 Å². The van der Waals surface area contributed by atoms with Crippen molar-refractivity contribution < 1.29 is 4.79 Å². The van der Waals surface area contributed by atoms with Gasteiger partial charge in [-0.2, -0.15) is 5.10 Å². The van der Waals surface area contributed by atoms with Crippen LogP contribution in [0.5, 0.6) is 0 Å². The van der Waals surface area contributed by atoms with Crippen molar-refractivity contribution in [1.82, 2.24) is 5.01 Å². The molecule has 1 aliphatic heterocycles. The number of hydrogen-bond acceptors (Lipinski definition) is 2. The molecule has 3 nitrogen and oxygen atoms in total. The van der Waals surface area contributed by atoms with E-state index < -0.39 is 0 Å². The van der Waals surface area contributed by atoms with E-state index in [1.165, 1.54) is 5.01 Å². The molecular formula is C9H16N2O. The lowest BCUT2D eigenvalue weighted by atomic mass is 10.2. The summed E-state index contributed by atoms with van der Waals surface area (Å²) in [5.74, 6) is -0.0197. The Morgan fingerprint density at radius 1 is 1.50 bits per heavy atom. The van der Waals surface area contributed by atoms with Crippen molar-refractivity contribution in [1.29, 1.82) is 0 Å². The Bertz CT molecular complexity index is 207. The summed E-state index contributed by atoms with van der Waals surface area (Å²) >= 11 is 0. The lowest BCUT2D eigenvalue weighted by Crippen LogP contribution is -2.20. The van der Waals surface area contributed by atoms with Crippen LogP contribution in [0.15, 0.2) is 16.8 Å². The average molecular weight is 168 g/mol. The summed E-state index contributed by atoms with van der Waals surface area (Å²) in [4.78, 5) is 11.1. The molecule has 0 aromatic carbocycles. The molecule has 0 unspecified atom stereocenters. The number of hydrazone groups is 1. The summed E-state index contributed by atoms with van der Waals surface area (Å²) < 4.78 is 0. The van der Waals surface area contributed by atoms with Gasteiger partial charge in [0.25, 0.3) is 5.91 Å². The number of nitrogens with zero attached hydrogens (tertiary/aromatic N) is 2. The molecule has 0 saturated carbocycles. The summed E-state index contributed by atoms with van der Waals surface area (Å²) in [5.41, 5.74) is 0.764. The van der Waals surface area contributed by atoms with Gasteiger partial charge in [0, 0.05) is 25.3 Å². The molecule has 0 aliphatic carbocycles. The Morgan fingerprint density at radius 3 is 2.67 bits per heavy atom. The van der Waals surface area contributed by atoms with Gasteiger partial charge in [-0.3, -0.25) is 4.79 Å². The van der Waals surface area contributed by atoms with Gasteiger partial charge in [-0.15, -0.1) is 0 Å². The molecule has 68 valence electrons.